The van der Waals surface area contributed by atoms with Crippen LogP contribution < -0.4 is 0 Å². The topological polar surface area (TPSA) is 63.7 Å². The summed E-state index contributed by atoms with van der Waals surface area (Å²) in [6, 6.07) is 0.957. The standard InChI is InChI=1S/C13H18BrNO4S2/c1-13(2,3)19-11(16)10-5-4-7-15(10)21(17,18)12-9(14)6-8-20-12/h6,8,10H,4-5,7H2,1-3H3/t10-/m0/s1. The minimum absolute atomic E-state index is 0.234. The van der Waals surface area contributed by atoms with E-state index in [-0.39, 0.29) is 4.21 Å². The SMILES string of the molecule is CC(C)(C)OC(=O)[C@@H]1CCCN1S(=O)(=O)c1sccc1Br. The quantitative estimate of drug-likeness (QED) is 0.737. The number of ether oxygens (including phenoxy) is 1. The first kappa shape index (κ1) is 16.9. The molecule has 1 saturated heterocycles. The molecular formula is C13H18BrNO4S2. The Morgan fingerprint density at radius 3 is 2.67 bits per heavy atom. The number of rotatable bonds is 3. The molecule has 118 valence electrons. The van der Waals surface area contributed by atoms with Gasteiger partial charge in [0.05, 0.1) is 0 Å². The van der Waals surface area contributed by atoms with E-state index in [1.807, 2.05) is 0 Å². The van der Waals surface area contributed by atoms with Gasteiger partial charge >= 0.3 is 5.97 Å². The zero-order valence-corrected chi connectivity index (χ0v) is 15.3. The summed E-state index contributed by atoms with van der Waals surface area (Å²) in [6.45, 7) is 5.66. The van der Waals surface area contributed by atoms with E-state index in [1.54, 1.807) is 32.2 Å². The van der Waals surface area contributed by atoms with E-state index in [0.717, 1.165) is 11.3 Å². The maximum absolute atomic E-state index is 12.7. The van der Waals surface area contributed by atoms with Gasteiger partial charge in [0.1, 0.15) is 15.9 Å². The summed E-state index contributed by atoms with van der Waals surface area (Å²) in [5.74, 6) is -0.476. The predicted molar refractivity (Wildman–Crippen MR) is 84.8 cm³/mol. The molecule has 0 amide bonds. The second-order valence-corrected chi connectivity index (χ2v) is 9.72. The molecule has 0 bridgehead atoms. The fraction of sp³-hybridized carbons (Fsp3) is 0.615. The maximum Gasteiger partial charge on any atom is 0.324 e. The third-order valence-corrected chi connectivity index (χ3v) is 7.57. The second-order valence-electron chi connectivity index (χ2n) is 5.86. The fourth-order valence-corrected chi connectivity index (χ4v) is 6.28. The third kappa shape index (κ3) is 3.67. The number of nitrogens with zero attached hydrogens (tertiary/aromatic N) is 1. The molecule has 0 aromatic carbocycles. The van der Waals surface area contributed by atoms with Crippen LogP contribution in [0.3, 0.4) is 0 Å². The lowest BCUT2D eigenvalue weighted by Gasteiger charge is -2.26. The van der Waals surface area contributed by atoms with Crippen LogP contribution in [-0.2, 0) is 19.6 Å². The summed E-state index contributed by atoms with van der Waals surface area (Å²) in [4.78, 5) is 12.2. The van der Waals surface area contributed by atoms with E-state index in [2.05, 4.69) is 15.9 Å². The highest BCUT2D eigenvalue weighted by Gasteiger charge is 2.42. The molecule has 1 aliphatic rings. The van der Waals surface area contributed by atoms with Crippen molar-refractivity contribution in [2.75, 3.05) is 6.54 Å². The van der Waals surface area contributed by atoms with E-state index in [1.165, 1.54) is 4.31 Å². The number of hydrogen-bond acceptors (Lipinski definition) is 5. The Morgan fingerprint density at radius 1 is 1.48 bits per heavy atom. The molecule has 0 radical (unpaired) electrons. The highest BCUT2D eigenvalue weighted by molar-refractivity contribution is 9.10. The normalized spacial score (nSPS) is 20.7. The molecule has 5 nitrogen and oxygen atoms in total. The van der Waals surface area contributed by atoms with E-state index in [0.29, 0.717) is 23.9 Å². The van der Waals surface area contributed by atoms with E-state index in [4.69, 9.17) is 4.74 Å². The van der Waals surface area contributed by atoms with Crippen molar-refractivity contribution in [1.82, 2.24) is 4.31 Å². The van der Waals surface area contributed by atoms with Crippen LogP contribution in [0.15, 0.2) is 20.1 Å². The zero-order chi connectivity index (χ0) is 15.8. The minimum Gasteiger partial charge on any atom is -0.459 e. The largest absolute Gasteiger partial charge is 0.459 e. The van der Waals surface area contributed by atoms with Crippen LogP contribution in [0.1, 0.15) is 33.6 Å². The van der Waals surface area contributed by atoms with Gasteiger partial charge in [0.2, 0.25) is 0 Å². The Balaban J connectivity index is 2.27. The number of sulfonamides is 1. The third-order valence-electron chi connectivity index (χ3n) is 3.01. The van der Waals surface area contributed by atoms with Crippen molar-refractivity contribution in [3.63, 3.8) is 0 Å². The molecule has 0 unspecified atom stereocenters. The van der Waals surface area contributed by atoms with Gasteiger partial charge in [0.25, 0.3) is 10.0 Å². The first-order chi connectivity index (χ1) is 9.63. The number of halogens is 1. The molecule has 2 heterocycles. The molecule has 8 heteroatoms. The number of carbonyl (C=O) groups excluding carboxylic acids is 1. The Labute approximate surface area is 137 Å². The highest BCUT2D eigenvalue weighted by atomic mass is 79.9. The number of hydrogen-bond donors (Lipinski definition) is 0. The van der Waals surface area contributed by atoms with Crippen LogP contribution in [0.25, 0.3) is 0 Å². The summed E-state index contributed by atoms with van der Waals surface area (Å²) < 4.78 is 32.8. The van der Waals surface area contributed by atoms with Crippen molar-refractivity contribution < 1.29 is 17.9 Å². The van der Waals surface area contributed by atoms with Gasteiger partial charge in [-0.1, -0.05) is 0 Å². The van der Waals surface area contributed by atoms with Gasteiger partial charge < -0.3 is 4.74 Å². The maximum atomic E-state index is 12.7. The van der Waals surface area contributed by atoms with Crippen molar-refractivity contribution in [2.24, 2.45) is 0 Å². The lowest BCUT2D eigenvalue weighted by Crippen LogP contribution is -2.43. The molecule has 1 aliphatic heterocycles. The monoisotopic (exact) mass is 395 g/mol. The smallest absolute Gasteiger partial charge is 0.324 e. The van der Waals surface area contributed by atoms with Crippen molar-refractivity contribution in [3.05, 3.63) is 15.9 Å². The average Bonchev–Trinajstić information content (AvgIpc) is 2.94. The Kier molecular flexibility index (Phi) is 4.82. The van der Waals surface area contributed by atoms with Crippen LogP contribution in [0.2, 0.25) is 0 Å². The van der Waals surface area contributed by atoms with Crippen LogP contribution in [0.4, 0.5) is 0 Å². The van der Waals surface area contributed by atoms with Gasteiger partial charge in [0, 0.05) is 11.0 Å². The predicted octanol–water partition coefficient (Wildman–Crippen LogP) is 3.01. The molecule has 0 spiro atoms. The van der Waals surface area contributed by atoms with Crippen LogP contribution in [0, 0.1) is 0 Å². The Bertz CT molecular complexity index is 633. The summed E-state index contributed by atoms with van der Waals surface area (Å²) in [5.41, 5.74) is -0.626. The van der Waals surface area contributed by atoms with Crippen molar-refractivity contribution in [3.8, 4) is 0 Å². The Hall–Kier alpha value is -0.440. The van der Waals surface area contributed by atoms with Crippen LogP contribution in [-0.4, -0.2) is 36.9 Å². The van der Waals surface area contributed by atoms with Crippen molar-refractivity contribution in [2.45, 2.75) is 49.5 Å². The van der Waals surface area contributed by atoms with Gasteiger partial charge in [-0.3, -0.25) is 4.79 Å². The summed E-state index contributed by atoms with van der Waals surface area (Å²) in [7, 11) is -3.67. The second kappa shape index (κ2) is 5.98. The molecule has 1 aromatic heterocycles. The first-order valence-electron chi connectivity index (χ1n) is 6.60. The lowest BCUT2D eigenvalue weighted by atomic mass is 10.2. The lowest BCUT2D eigenvalue weighted by molar-refractivity contribution is -0.158. The Morgan fingerprint density at radius 2 is 2.14 bits per heavy atom. The fourth-order valence-electron chi connectivity index (χ4n) is 2.20. The average molecular weight is 396 g/mol. The molecule has 21 heavy (non-hydrogen) atoms. The van der Waals surface area contributed by atoms with Crippen LogP contribution in [0.5, 0.6) is 0 Å². The van der Waals surface area contributed by atoms with Gasteiger partial charge in [-0.05, 0) is 61.0 Å². The summed E-state index contributed by atoms with van der Waals surface area (Å²) in [6.07, 6.45) is 1.16. The van der Waals surface area contributed by atoms with E-state index in [9.17, 15) is 13.2 Å². The van der Waals surface area contributed by atoms with E-state index >= 15 is 0 Å². The molecule has 0 saturated carbocycles. The van der Waals surface area contributed by atoms with Crippen molar-refractivity contribution in [1.29, 1.82) is 0 Å². The molecule has 2 rings (SSSR count). The molecule has 0 aliphatic carbocycles. The zero-order valence-electron chi connectivity index (χ0n) is 12.1. The number of esters is 1. The van der Waals surface area contributed by atoms with Crippen molar-refractivity contribution >= 4 is 43.3 Å². The number of carbonyl (C=O) groups is 1. The summed E-state index contributed by atoms with van der Waals surface area (Å²) in [5, 5.41) is 1.70. The van der Waals surface area contributed by atoms with Gasteiger partial charge in [-0.15, -0.1) is 11.3 Å². The van der Waals surface area contributed by atoms with E-state index < -0.39 is 27.6 Å². The molecule has 1 fully saturated rings. The molecule has 0 N–H and O–H groups in total. The molecule has 1 atom stereocenters. The molecule has 1 aromatic rings. The van der Waals surface area contributed by atoms with Gasteiger partial charge in [-0.2, -0.15) is 4.31 Å². The molecular weight excluding hydrogens is 378 g/mol. The minimum atomic E-state index is -3.67. The first-order valence-corrected chi connectivity index (χ1v) is 9.72. The highest BCUT2D eigenvalue weighted by Crippen LogP contribution is 2.34. The van der Waals surface area contributed by atoms with Gasteiger partial charge in [0.15, 0.2) is 0 Å². The number of thiophene rings is 1. The van der Waals surface area contributed by atoms with Crippen LogP contribution >= 0.6 is 27.3 Å². The van der Waals surface area contributed by atoms with Gasteiger partial charge in [-0.25, -0.2) is 8.42 Å². The summed E-state index contributed by atoms with van der Waals surface area (Å²) >= 11 is 4.38.